The van der Waals surface area contributed by atoms with E-state index >= 15 is 0 Å². The first-order valence-corrected chi connectivity index (χ1v) is 9.70. The maximum Gasteiger partial charge on any atom is 0.244 e. The molecular weight excluding hydrogens is 391 g/mol. The first-order chi connectivity index (χ1) is 14.6. The summed E-state index contributed by atoms with van der Waals surface area (Å²) in [4.78, 5) is 28.2. The van der Waals surface area contributed by atoms with Gasteiger partial charge in [-0.15, -0.1) is 5.10 Å². The number of amides is 2. The molecule has 0 radical (unpaired) electrons. The second-order valence-corrected chi connectivity index (χ2v) is 7.01. The number of hydrogen-bond donors (Lipinski definition) is 0. The third-order valence-electron chi connectivity index (χ3n) is 5.06. The van der Waals surface area contributed by atoms with Crippen LogP contribution in [0.25, 0.3) is 11.3 Å². The normalized spacial score (nSPS) is 14.2. The van der Waals surface area contributed by atoms with Crippen molar-refractivity contribution in [1.29, 1.82) is 0 Å². The number of halogens is 1. The molecule has 0 spiro atoms. The van der Waals surface area contributed by atoms with Crippen LogP contribution in [-0.2, 0) is 22.6 Å². The summed E-state index contributed by atoms with van der Waals surface area (Å²) in [7, 11) is 0. The van der Waals surface area contributed by atoms with Crippen LogP contribution in [0.5, 0.6) is 0 Å². The summed E-state index contributed by atoms with van der Waals surface area (Å²) in [5.41, 5.74) is 0.400. The van der Waals surface area contributed by atoms with Gasteiger partial charge in [-0.3, -0.25) is 9.59 Å². The topological polar surface area (TPSA) is 97.4 Å². The Hall–Kier alpha value is -3.56. The van der Waals surface area contributed by atoms with Crippen LogP contribution in [0.2, 0.25) is 0 Å². The van der Waals surface area contributed by atoms with Gasteiger partial charge in [-0.1, -0.05) is 12.1 Å². The molecule has 10 heteroatoms. The summed E-state index contributed by atoms with van der Waals surface area (Å²) in [6.45, 7) is 2.01. The zero-order chi connectivity index (χ0) is 20.9. The lowest BCUT2D eigenvalue weighted by molar-refractivity contribution is -0.140. The molecule has 1 aliphatic rings. The molecule has 30 heavy (non-hydrogen) atoms. The van der Waals surface area contributed by atoms with E-state index in [-0.39, 0.29) is 24.2 Å². The third-order valence-corrected chi connectivity index (χ3v) is 5.06. The molecule has 0 N–H and O–H groups in total. The highest BCUT2D eigenvalue weighted by atomic mass is 19.1. The molecule has 1 aromatic carbocycles. The zero-order valence-electron chi connectivity index (χ0n) is 16.3. The van der Waals surface area contributed by atoms with E-state index in [9.17, 15) is 14.0 Å². The highest BCUT2D eigenvalue weighted by Gasteiger charge is 2.24. The van der Waals surface area contributed by atoms with Gasteiger partial charge in [0.1, 0.15) is 30.2 Å². The van der Waals surface area contributed by atoms with Gasteiger partial charge < -0.3 is 14.2 Å². The fraction of sp³-hybridized carbons (Fsp3) is 0.350. The van der Waals surface area contributed by atoms with E-state index in [1.165, 1.54) is 17.1 Å². The molecule has 2 amide bonds. The molecule has 2 aromatic heterocycles. The standard InChI is InChI=1S/C20H21FN6O3/c21-17-4-2-1-3-16(17)18-7-5-15(30-18)6-8-19(28)25-9-11-26(12-10-25)20(29)13-27-14-22-23-24-27/h1-5,7,14H,6,8-13H2. The Bertz CT molecular complexity index is 1010. The average molecular weight is 412 g/mol. The lowest BCUT2D eigenvalue weighted by atomic mass is 10.1. The van der Waals surface area contributed by atoms with Crippen molar-refractivity contribution in [2.24, 2.45) is 0 Å². The SMILES string of the molecule is O=C(CCc1ccc(-c2ccccc2F)o1)N1CCN(C(=O)Cn2cnnn2)CC1. The number of piperazine rings is 1. The molecular formula is C20H21FN6O3. The first kappa shape index (κ1) is 19.7. The van der Waals surface area contributed by atoms with Gasteiger partial charge in [-0.25, -0.2) is 9.07 Å². The van der Waals surface area contributed by atoms with E-state index < -0.39 is 0 Å². The van der Waals surface area contributed by atoms with E-state index in [1.54, 1.807) is 40.1 Å². The van der Waals surface area contributed by atoms with Crippen molar-refractivity contribution in [3.63, 3.8) is 0 Å². The fourth-order valence-corrected chi connectivity index (χ4v) is 3.40. The van der Waals surface area contributed by atoms with Crippen LogP contribution < -0.4 is 0 Å². The number of aryl methyl sites for hydroxylation is 1. The Kier molecular flexibility index (Phi) is 5.82. The number of aromatic nitrogens is 4. The molecule has 1 aliphatic heterocycles. The number of nitrogens with zero attached hydrogens (tertiary/aromatic N) is 6. The Morgan fingerprint density at radius 3 is 2.43 bits per heavy atom. The van der Waals surface area contributed by atoms with Crippen LogP contribution in [0.1, 0.15) is 12.2 Å². The van der Waals surface area contributed by atoms with Crippen molar-refractivity contribution >= 4 is 11.8 Å². The van der Waals surface area contributed by atoms with Gasteiger partial charge in [-0.05, 0) is 34.7 Å². The highest BCUT2D eigenvalue weighted by Crippen LogP contribution is 2.25. The van der Waals surface area contributed by atoms with Crippen LogP contribution in [0, 0.1) is 5.82 Å². The largest absolute Gasteiger partial charge is 0.461 e. The molecule has 1 fully saturated rings. The van der Waals surface area contributed by atoms with Crippen molar-refractivity contribution in [2.45, 2.75) is 19.4 Å². The van der Waals surface area contributed by atoms with E-state index in [2.05, 4.69) is 15.5 Å². The van der Waals surface area contributed by atoms with Gasteiger partial charge in [0.25, 0.3) is 0 Å². The van der Waals surface area contributed by atoms with Gasteiger partial charge in [0, 0.05) is 39.0 Å². The van der Waals surface area contributed by atoms with Gasteiger partial charge in [0.15, 0.2) is 0 Å². The van der Waals surface area contributed by atoms with Crippen LogP contribution in [-0.4, -0.2) is 68.0 Å². The van der Waals surface area contributed by atoms with Crippen molar-refractivity contribution in [2.75, 3.05) is 26.2 Å². The average Bonchev–Trinajstić information content (AvgIpc) is 3.44. The smallest absolute Gasteiger partial charge is 0.244 e. The van der Waals surface area contributed by atoms with Crippen LogP contribution in [0.15, 0.2) is 47.1 Å². The molecule has 0 atom stereocenters. The number of rotatable bonds is 6. The van der Waals surface area contributed by atoms with Gasteiger partial charge in [-0.2, -0.15) is 0 Å². The van der Waals surface area contributed by atoms with Gasteiger partial charge in [0.2, 0.25) is 11.8 Å². The predicted octanol–water partition coefficient (Wildman–Crippen LogP) is 1.38. The van der Waals surface area contributed by atoms with Crippen molar-refractivity contribution < 1.29 is 18.4 Å². The summed E-state index contributed by atoms with van der Waals surface area (Å²) in [5.74, 6) is 0.668. The van der Waals surface area contributed by atoms with Crippen LogP contribution in [0.3, 0.4) is 0 Å². The van der Waals surface area contributed by atoms with Crippen molar-refractivity contribution in [3.8, 4) is 11.3 Å². The van der Waals surface area contributed by atoms with Crippen LogP contribution in [0.4, 0.5) is 4.39 Å². The maximum absolute atomic E-state index is 13.9. The molecule has 4 rings (SSSR count). The Morgan fingerprint density at radius 2 is 1.73 bits per heavy atom. The molecule has 3 heterocycles. The lowest BCUT2D eigenvalue weighted by Gasteiger charge is -2.34. The minimum atomic E-state index is -0.345. The minimum Gasteiger partial charge on any atom is -0.461 e. The Morgan fingerprint density at radius 1 is 1.00 bits per heavy atom. The monoisotopic (exact) mass is 412 g/mol. The van der Waals surface area contributed by atoms with Gasteiger partial charge >= 0.3 is 0 Å². The molecule has 0 bridgehead atoms. The summed E-state index contributed by atoms with van der Waals surface area (Å²) < 4.78 is 21.0. The molecule has 9 nitrogen and oxygen atoms in total. The molecule has 156 valence electrons. The molecule has 0 aliphatic carbocycles. The number of tetrazole rings is 1. The molecule has 0 unspecified atom stereocenters. The number of hydrogen-bond acceptors (Lipinski definition) is 6. The second-order valence-electron chi connectivity index (χ2n) is 7.01. The lowest BCUT2D eigenvalue weighted by Crippen LogP contribution is -2.51. The van der Waals surface area contributed by atoms with Gasteiger partial charge in [0.05, 0.1) is 5.56 Å². The number of carbonyl (C=O) groups is 2. The Labute approximate surface area is 172 Å². The summed E-state index contributed by atoms with van der Waals surface area (Å²) in [6.07, 6.45) is 2.12. The summed E-state index contributed by atoms with van der Waals surface area (Å²) in [6, 6.07) is 9.90. The quantitative estimate of drug-likeness (QED) is 0.607. The van der Waals surface area contributed by atoms with E-state index in [4.69, 9.17) is 4.42 Å². The summed E-state index contributed by atoms with van der Waals surface area (Å²) in [5, 5.41) is 10.7. The first-order valence-electron chi connectivity index (χ1n) is 9.70. The number of benzene rings is 1. The third kappa shape index (κ3) is 4.53. The molecule has 0 saturated carbocycles. The van der Waals surface area contributed by atoms with Crippen molar-refractivity contribution in [1.82, 2.24) is 30.0 Å². The number of carbonyl (C=O) groups excluding carboxylic acids is 2. The van der Waals surface area contributed by atoms with E-state index in [0.29, 0.717) is 56.1 Å². The van der Waals surface area contributed by atoms with E-state index in [0.717, 1.165) is 0 Å². The summed E-state index contributed by atoms with van der Waals surface area (Å²) >= 11 is 0. The fourth-order valence-electron chi connectivity index (χ4n) is 3.40. The Balaban J connectivity index is 1.25. The predicted molar refractivity (Wildman–Crippen MR) is 103 cm³/mol. The van der Waals surface area contributed by atoms with Crippen molar-refractivity contribution in [3.05, 3.63) is 54.3 Å². The molecule has 3 aromatic rings. The minimum absolute atomic E-state index is 0.00594. The highest BCUT2D eigenvalue weighted by molar-refractivity contribution is 5.78. The molecule has 1 saturated heterocycles. The van der Waals surface area contributed by atoms with Crippen LogP contribution >= 0.6 is 0 Å². The second kappa shape index (κ2) is 8.85. The van der Waals surface area contributed by atoms with E-state index in [1.807, 2.05) is 0 Å². The maximum atomic E-state index is 13.9. The zero-order valence-corrected chi connectivity index (χ0v) is 16.3. The number of furan rings is 1.